The summed E-state index contributed by atoms with van der Waals surface area (Å²) in [5.74, 6) is -4.72. The van der Waals surface area contributed by atoms with Gasteiger partial charge in [0.2, 0.25) is 5.91 Å². The molecular formula is C51H82N2O16S. The molecule has 3 rings (SSSR count). The molecule has 13 N–H and O–H groups in total. The molecule has 3 aliphatic heterocycles. The fourth-order valence-corrected chi connectivity index (χ4v) is 8.97. The van der Waals surface area contributed by atoms with E-state index in [9.17, 15) is 60.7 Å². The molecule has 0 aliphatic carbocycles. The lowest BCUT2D eigenvalue weighted by Gasteiger charge is -2.46. The molecule has 0 aromatic heterocycles. The van der Waals surface area contributed by atoms with Crippen LogP contribution >= 0.6 is 11.8 Å². The highest BCUT2D eigenvalue weighted by atomic mass is 32.2. The van der Waals surface area contributed by atoms with Crippen molar-refractivity contribution in [1.29, 1.82) is 0 Å². The molecular weight excluding hydrogens is 929 g/mol. The Morgan fingerprint density at radius 1 is 0.729 bits per heavy atom. The number of aliphatic hydroxyl groups is 10. The van der Waals surface area contributed by atoms with Gasteiger partial charge in [-0.05, 0) is 51.5 Å². The maximum Gasteiger partial charge on any atom is 0.308 e. The van der Waals surface area contributed by atoms with Crippen LogP contribution in [0.5, 0.6) is 0 Å². The molecule has 3 aliphatic rings. The van der Waals surface area contributed by atoms with Crippen molar-refractivity contribution in [3.63, 3.8) is 0 Å². The van der Waals surface area contributed by atoms with E-state index in [1.165, 1.54) is 0 Å². The Morgan fingerprint density at radius 2 is 1.33 bits per heavy atom. The smallest absolute Gasteiger partial charge is 0.308 e. The molecule has 0 unspecified atom stereocenters. The van der Waals surface area contributed by atoms with Crippen molar-refractivity contribution in [3.05, 3.63) is 85.1 Å². The highest BCUT2D eigenvalue weighted by molar-refractivity contribution is 7.98. The van der Waals surface area contributed by atoms with Crippen molar-refractivity contribution in [2.75, 3.05) is 18.6 Å². The number of nitrogens with one attached hydrogen (secondary N) is 1. The van der Waals surface area contributed by atoms with E-state index in [-0.39, 0.29) is 31.6 Å². The maximum absolute atomic E-state index is 13.8. The molecule has 2 saturated heterocycles. The van der Waals surface area contributed by atoms with Crippen LogP contribution in [0.15, 0.2) is 85.1 Å². The first-order valence-corrected chi connectivity index (χ1v) is 25.8. The van der Waals surface area contributed by atoms with E-state index in [0.717, 1.165) is 5.75 Å². The Balaban J connectivity index is 1.92. The van der Waals surface area contributed by atoms with Crippen LogP contribution in [0.1, 0.15) is 85.5 Å². The average Bonchev–Trinajstić information content (AvgIpc) is 3.29. The van der Waals surface area contributed by atoms with Gasteiger partial charge >= 0.3 is 5.97 Å². The number of nitrogens with two attached hydrogens (primary N) is 1. The van der Waals surface area contributed by atoms with Gasteiger partial charge in [-0.15, -0.1) is 0 Å². The van der Waals surface area contributed by atoms with Gasteiger partial charge in [0.15, 0.2) is 12.1 Å². The minimum absolute atomic E-state index is 0.0891. The molecule has 3 heterocycles. The Bertz CT molecular complexity index is 1760. The number of esters is 1. The van der Waals surface area contributed by atoms with Gasteiger partial charge in [-0.1, -0.05) is 98.9 Å². The summed E-state index contributed by atoms with van der Waals surface area (Å²) >= 11 is 1.60. The van der Waals surface area contributed by atoms with Crippen LogP contribution in [-0.4, -0.2) is 179 Å². The topological polar surface area (TPSA) is 311 Å². The van der Waals surface area contributed by atoms with Gasteiger partial charge in [0.05, 0.1) is 85.5 Å². The maximum atomic E-state index is 13.8. The van der Waals surface area contributed by atoms with Gasteiger partial charge in [0.25, 0.3) is 0 Å². The highest BCUT2D eigenvalue weighted by Crippen LogP contribution is 2.38. The number of aliphatic hydroxyl groups excluding tert-OH is 9. The molecule has 0 aromatic carbocycles. The number of fused-ring (bicyclic) bond motifs is 2. The summed E-state index contributed by atoms with van der Waals surface area (Å²) in [6, 6.07) is -1.12. The molecule has 1 amide bonds. The number of hydrogen-bond acceptors (Lipinski definition) is 18. The number of rotatable bonds is 7. The van der Waals surface area contributed by atoms with E-state index in [1.54, 1.807) is 75.1 Å². The zero-order valence-electron chi connectivity index (χ0n) is 41.2. The number of thioether (sulfide) groups is 1. The Morgan fingerprint density at radius 3 is 1.94 bits per heavy atom. The van der Waals surface area contributed by atoms with Crippen molar-refractivity contribution < 1.29 is 79.6 Å². The molecule has 0 radical (unpaired) electrons. The molecule has 19 heteroatoms. The predicted molar refractivity (Wildman–Crippen MR) is 265 cm³/mol. The van der Waals surface area contributed by atoms with E-state index >= 15 is 0 Å². The normalized spacial score (nSPS) is 43.1. The fourth-order valence-electron chi connectivity index (χ4n) is 8.54. The van der Waals surface area contributed by atoms with Crippen LogP contribution in [0.4, 0.5) is 0 Å². The lowest BCUT2D eigenvalue weighted by molar-refractivity contribution is -0.307. The quantitative estimate of drug-likeness (QED) is 0.127. The molecule has 18 nitrogen and oxygen atoms in total. The number of hydrogen-bond donors (Lipinski definition) is 12. The summed E-state index contributed by atoms with van der Waals surface area (Å²) in [7, 11) is 0. The van der Waals surface area contributed by atoms with Crippen LogP contribution in [0.2, 0.25) is 0 Å². The van der Waals surface area contributed by atoms with Crippen LogP contribution in [-0.2, 0) is 28.5 Å². The van der Waals surface area contributed by atoms with Crippen molar-refractivity contribution in [2.45, 2.75) is 183 Å². The van der Waals surface area contributed by atoms with Gasteiger partial charge in [-0.2, -0.15) is 11.8 Å². The third kappa shape index (κ3) is 21.2. The highest BCUT2D eigenvalue weighted by Gasteiger charge is 2.51. The van der Waals surface area contributed by atoms with Crippen LogP contribution in [0.25, 0.3) is 0 Å². The van der Waals surface area contributed by atoms with Gasteiger partial charge < -0.3 is 81.1 Å². The lowest BCUT2D eigenvalue weighted by atomic mass is 9.82. The first kappa shape index (κ1) is 61.2. The molecule has 0 spiro atoms. The molecule has 0 saturated carbocycles. The standard InChI is InChI=1S/C51H82N2O16S/c1-31-19-16-14-12-10-8-6-7-9-11-13-15-17-20-38(68-50-48(63)45(52)47(62)34(4)67-50)28-42-44(49(64)53-23-18-24-70-5)41(59)30-51(65,69-42)29-37(56)26-40(58)39(57)22-21-35(54)25-36(55)27-43(60)66-33(3)32(2)46(31)61/h6-17,19-20,31-42,44-48,50,54-59,61-63,65H,18,21-30,52H2,1-5H3,(H,53,64)/b7-6+,10-8+,11-9+,14-12+,15-13+,19-16+,20-17+/t31-,32-,33-,34+,35+,36+,37-,38-,39+,40+,41-,42-,44+,45-,46+,47+,48-,50-,51+/m0/s1. The van der Waals surface area contributed by atoms with Gasteiger partial charge in [0, 0.05) is 44.1 Å². The number of carbonyl (C=O) groups excluding carboxylic acids is 2. The predicted octanol–water partition coefficient (Wildman–Crippen LogP) is 1.50. The Labute approximate surface area is 417 Å². The largest absolute Gasteiger partial charge is 0.462 e. The number of carbonyl (C=O) groups is 2. The summed E-state index contributed by atoms with van der Waals surface area (Å²) in [5.41, 5.74) is 6.11. The minimum Gasteiger partial charge on any atom is -0.462 e. The second kappa shape index (κ2) is 31.5. The minimum atomic E-state index is -2.25. The summed E-state index contributed by atoms with van der Waals surface area (Å²) in [6.07, 6.45) is 7.65. The van der Waals surface area contributed by atoms with Crippen molar-refractivity contribution in [3.8, 4) is 0 Å². The first-order chi connectivity index (χ1) is 33.2. The van der Waals surface area contributed by atoms with Gasteiger partial charge in [-0.3, -0.25) is 9.59 Å². The molecule has 0 aromatic rings. The number of ether oxygens (including phenoxy) is 4. The third-order valence-electron chi connectivity index (χ3n) is 12.9. The van der Waals surface area contributed by atoms with E-state index in [4.69, 9.17) is 24.7 Å². The summed E-state index contributed by atoms with van der Waals surface area (Å²) < 4.78 is 23.8. The van der Waals surface area contributed by atoms with Gasteiger partial charge in [-0.25, -0.2) is 0 Å². The van der Waals surface area contributed by atoms with Crippen molar-refractivity contribution in [2.24, 2.45) is 23.5 Å². The average molecular weight is 1010 g/mol. The van der Waals surface area contributed by atoms with Gasteiger partial charge in [0.1, 0.15) is 12.2 Å². The van der Waals surface area contributed by atoms with Crippen LogP contribution in [0, 0.1) is 17.8 Å². The zero-order chi connectivity index (χ0) is 52.0. The van der Waals surface area contributed by atoms with E-state index in [0.29, 0.717) is 13.0 Å². The van der Waals surface area contributed by atoms with Crippen molar-refractivity contribution in [1.82, 2.24) is 5.32 Å². The second-order valence-corrected chi connectivity index (χ2v) is 19.9. The lowest BCUT2D eigenvalue weighted by Crippen LogP contribution is -2.62. The second-order valence-electron chi connectivity index (χ2n) is 18.9. The molecule has 398 valence electrons. The number of allylic oxidation sites excluding steroid dienone is 12. The summed E-state index contributed by atoms with van der Waals surface area (Å²) in [5, 5.41) is 113. The number of cyclic esters (lactones) is 1. The fraction of sp³-hybridized carbons (Fsp3) is 0.686. The molecule has 70 heavy (non-hydrogen) atoms. The van der Waals surface area contributed by atoms with E-state index in [2.05, 4.69) is 5.32 Å². The zero-order valence-corrected chi connectivity index (χ0v) is 42.0. The van der Waals surface area contributed by atoms with E-state index < -0.39 is 147 Å². The van der Waals surface area contributed by atoms with E-state index in [1.807, 2.05) is 55.7 Å². The SMILES string of the molecule is CSCCCNC(=O)[C@H]1[C@@H]2C[C@@H](O[C@@H]3O[C@H](C)[C@@H](O)[C@H](N)[C@@H]3O)/C=C/C=C/C=C/C=C/C=C/C=C/C=C/[C@H](C)[C@@H](O)[C@@H](C)[C@H](C)OC(=O)C[C@H](O)C[C@H](O)CC[C@@H](O)[C@H](O)C[C@H](O)C[C@](O)(C[C@@H]1O)O2. The molecule has 2 fully saturated rings. The monoisotopic (exact) mass is 1010 g/mol. The molecule has 2 bridgehead atoms. The summed E-state index contributed by atoms with van der Waals surface area (Å²) in [6.45, 7) is 7.11. The Kier molecular flexibility index (Phi) is 27.5. The van der Waals surface area contributed by atoms with Crippen LogP contribution < -0.4 is 11.1 Å². The number of amides is 1. The summed E-state index contributed by atoms with van der Waals surface area (Å²) in [4.78, 5) is 26.4. The van der Waals surface area contributed by atoms with Crippen LogP contribution in [0.3, 0.4) is 0 Å². The third-order valence-corrected chi connectivity index (χ3v) is 13.6. The van der Waals surface area contributed by atoms with Crippen molar-refractivity contribution >= 4 is 23.6 Å². The molecule has 19 atom stereocenters. The first-order valence-electron chi connectivity index (χ1n) is 24.4. The Hall–Kier alpha value is -3.09.